The molecule has 0 aliphatic heterocycles. The molecule has 1 amide bonds. The Balaban J connectivity index is 0.00000341. The summed E-state index contributed by atoms with van der Waals surface area (Å²) in [5.41, 5.74) is 0.285. The Hall–Kier alpha value is -2.14. The maximum absolute atomic E-state index is 14.1. The van der Waals surface area contributed by atoms with Crippen LogP contribution in [-0.4, -0.2) is 57.6 Å². The standard InChI is InChI=1S/C20H21F2N3O3S2.ClH/c1-24(2)9-4-10-25(19(26)13-5-7-15(8-6-13)30(3,27)28)20-23-18-16(22)11-14(21)12-17(18)29-20;/h5-8,11-12H,4,9-10H2,1-3H3;1H. The van der Waals surface area contributed by atoms with Crippen LogP contribution in [0.15, 0.2) is 41.3 Å². The zero-order chi connectivity index (χ0) is 22.1. The highest BCUT2D eigenvalue weighted by molar-refractivity contribution is 7.90. The Labute approximate surface area is 189 Å². The highest BCUT2D eigenvalue weighted by atomic mass is 35.5. The molecule has 2 aromatic carbocycles. The van der Waals surface area contributed by atoms with Gasteiger partial charge in [-0.1, -0.05) is 11.3 Å². The lowest BCUT2D eigenvalue weighted by Gasteiger charge is -2.21. The Morgan fingerprint density at radius 2 is 1.74 bits per heavy atom. The van der Waals surface area contributed by atoms with E-state index in [-0.39, 0.29) is 33.5 Å². The third-order valence-corrected chi connectivity index (χ3v) is 6.55. The lowest BCUT2D eigenvalue weighted by Crippen LogP contribution is -2.33. The third-order valence-electron chi connectivity index (χ3n) is 4.39. The number of sulfone groups is 1. The summed E-state index contributed by atoms with van der Waals surface area (Å²) in [7, 11) is 0.432. The maximum atomic E-state index is 14.1. The molecule has 31 heavy (non-hydrogen) atoms. The second-order valence-electron chi connectivity index (χ2n) is 7.14. The van der Waals surface area contributed by atoms with E-state index in [1.165, 1.54) is 35.2 Å². The summed E-state index contributed by atoms with van der Waals surface area (Å²) in [6.45, 7) is 1.03. The summed E-state index contributed by atoms with van der Waals surface area (Å²) >= 11 is 1.03. The van der Waals surface area contributed by atoms with Gasteiger partial charge in [-0.3, -0.25) is 9.69 Å². The largest absolute Gasteiger partial charge is 0.309 e. The summed E-state index contributed by atoms with van der Waals surface area (Å²) in [6, 6.07) is 7.55. The van der Waals surface area contributed by atoms with Gasteiger partial charge in [-0.25, -0.2) is 22.2 Å². The normalized spacial score (nSPS) is 11.5. The van der Waals surface area contributed by atoms with Crippen molar-refractivity contribution in [2.24, 2.45) is 0 Å². The first-order valence-corrected chi connectivity index (χ1v) is 11.8. The Kier molecular flexibility index (Phi) is 8.09. The number of carbonyl (C=O) groups is 1. The lowest BCUT2D eigenvalue weighted by molar-refractivity contribution is 0.0986. The van der Waals surface area contributed by atoms with E-state index in [1.807, 2.05) is 19.0 Å². The van der Waals surface area contributed by atoms with Gasteiger partial charge in [0, 0.05) is 24.4 Å². The first-order valence-electron chi connectivity index (χ1n) is 9.08. The molecule has 1 heterocycles. The Morgan fingerprint density at radius 3 is 2.32 bits per heavy atom. The van der Waals surface area contributed by atoms with Crippen LogP contribution in [-0.2, 0) is 9.84 Å². The van der Waals surface area contributed by atoms with Gasteiger partial charge >= 0.3 is 0 Å². The third kappa shape index (κ3) is 5.97. The van der Waals surface area contributed by atoms with E-state index in [4.69, 9.17) is 0 Å². The van der Waals surface area contributed by atoms with Gasteiger partial charge in [0.15, 0.2) is 20.8 Å². The number of halogens is 3. The summed E-state index contributed by atoms with van der Waals surface area (Å²) in [5, 5.41) is 0.255. The van der Waals surface area contributed by atoms with Crippen LogP contribution < -0.4 is 4.90 Å². The topological polar surface area (TPSA) is 70.6 Å². The molecule has 3 aromatic rings. The van der Waals surface area contributed by atoms with Gasteiger partial charge < -0.3 is 4.90 Å². The number of aromatic nitrogens is 1. The molecule has 0 radical (unpaired) electrons. The molecule has 0 saturated carbocycles. The Morgan fingerprint density at radius 1 is 1.10 bits per heavy atom. The fourth-order valence-electron chi connectivity index (χ4n) is 2.89. The average molecular weight is 490 g/mol. The fraction of sp³-hybridized carbons (Fsp3) is 0.300. The van der Waals surface area contributed by atoms with E-state index in [2.05, 4.69) is 4.98 Å². The lowest BCUT2D eigenvalue weighted by atomic mass is 10.2. The number of nitrogens with zero attached hydrogens (tertiary/aromatic N) is 3. The van der Waals surface area contributed by atoms with Crippen LogP contribution in [0, 0.1) is 11.6 Å². The summed E-state index contributed by atoms with van der Waals surface area (Å²) in [6.07, 6.45) is 1.72. The van der Waals surface area contributed by atoms with Crippen LogP contribution in [0.5, 0.6) is 0 Å². The van der Waals surface area contributed by atoms with Gasteiger partial charge in [-0.15, -0.1) is 12.4 Å². The van der Waals surface area contributed by atoms with Crippen LogP contribution in [0.3, 0.4) is 0 Å². The summed E-state index contributed by atoms with van der Waals surface area (Å²) in [5.74, 6) is -1.89. The number of rotatable bonds is 7. The molecule has 168 valence electrons. The van der Waals surface area contributed by atoms with Gasteiger partial charge in [0.2, 0.25) is 0 Å². The molecule has 11 heteroatoms. The first-order chi connectivity index (χ1) is 14.1. The molecular weight excluding hydrogens is 468 g/mol. The number of carbonyl (C=O) groups excluding carboxylic acids is 1. The molecule has 0 unspecified atom stereocenters. The molecule has 0 spiro atoms. The molecule has 3 rings (SSSR count). The fourth-order valence-corrected chi connectivity index (χ4v) is 4.55. The van der Waals surface area contributed by atoms with Crippen molar-refractivity contribution < 1.29 is 22.0 Å². The molecule has 0 aliphatic carbocycles. The SMILES string of the molecule is CN(C)CCCN(C(=O)c1ccc(S(C)(=O)=O)cc1)c1nc2c(F)cc(F)cc2s1.Cl. The highest BCUT2D eigenvalue weighted by Crippen LogP contribution is 2.32. The van der Waals surface area contributed by atoms with Gasteiger partial charge in [0.25, 0.3) is 5.91 Å². The number of benzene rings is 2. The highest BCUT2D eigenvalue weighted by Gasteiger charge is 2.23. The average Bonchev–Trinajstić information content (AvgIpc) is 3.08. The van der Waals surface area contributed by atoms with Crippen molar-refractivity contribution >= 4 is 54.8 Å². The first kappa shape index (κ1) is 25.1. The van der Waals surface area contributed by atoms with Crippen molar-refractivity contribution in [1.29, 1.82) is 0 Å². The molecule has 6 nitrogen and oxygen atoms in total. The predicted octanol–water partition coefficient (Wildman–Crippen LogP) is 4.00. The predicted molar refractivity (Wildman–Crippen MR) is 121 cm³/mol. The zero-order valence-corrected chi connectivity index (χ0v) is 19.6. The van der Waals surface area contributed by atoms with Crippen molar-refractivity contribution in [2.75, 3.05) is 38.3 Å². The molecule has 1 aromatic heterocycles. The summed E-state index contributed by atoms with van der Waals surface area (Å²) < 4.78 is 51.3. The van der Waals surface area contributed by atoms with Crippen molar-refractivity contribution in [1.82, 2.24) is 9.88 Å². The number of anilines is 1. The van der Waals surface area contributed by atoms with Gasteiger partial charge in [-0.2, -0.15) is 0 Å². The van der Waals surface area contributed by atoms with E-state index < -0.39 is 27.4 Å². The minimum Gasteiger partial charge on any atom is -0.309 e. The minimum absolute atomic E-state index is 0. The molecule has 0 atom stereocenters. The van der Waals surface area contributed by atoms with E-state index in [1.54, 1.807) is 0 Å². The van der Waals surface area contributed by atoms with Crippen molar-refractivity contribution in [3.8, 4) is 0 Å². The van der Waals surface area contributed by atoms with E-state index in [9.17, 15) is 22.0 Å². The van der Waals surface area contributed by atoms with E-state index in [0.29, 0.717) is 24.2 Å². The second kappa shape index (κ2) is 9.99. The van der Waals surface area contributed by atoms with Crippen molar-refractivity contribution in [2.45, 2.75) is 11.3 Å². The number of hydrogen-bond donors (Lipinski definition) is 0. The van der Waals surface area contributed by atoms with Gasteiger partial charge in [-0.05, 0) is 57.4 Å². The molecular formula is C20H22ClF2N3O3S2. The molecule has 0 fully saturated rings. The Bertz CT molecular complexity index is 1180. The smallest absolute Gasteiger partial charge is 0.260 e. The minimum atomic E-state index is -3.39. The summed E-state index contributed by atoms with van der Waals surface area (Å²) in [4.78, 5) is 20.9. The maximum Gasteiger partial charge on any atom is 0.260 e. The number of hydrogen-bond acceptors (Lipinski definition) is 6. The molecule has 0 bridgehead atoms. The van der Waals surface area contributed by atoms with Crippen LogP contribution >= 0.6 is 23.7 Å². The van der Waals surface area contributed by atoms with Gasteiger partial charge in [0.1, 0.15) is 11.3 Å². The van der Waals surface area contributed by atoms with Crippen molar-refractivity contribution in [3.63, 3.8) is 0 Å². The second-order valence-corrected chi connectivity index (χ2v) is 10.2. The van der Waals surface area contributed by atoms with Crippen LogP contribution in [0.2, 0.25) is 0 Å². The monoisotopic (exact) mass is 489 g/mol. The number of thiazole rings is 1. The van der Waals surface area contributed by atoms with E-state index in [0.717, 1.165) is 23.7 Å². The van der Waals surface area contributed by atoms with E-state index >= 15 is 0 Å². The van der Waals surface area contributed by atoms with Gasteiger partial charge in [0.05, 0.1) is 9.60 Å². The van der Waals surface area contributed by atoms with Crippen LogP contribution in [0.25, 0.3) is 10.2 Å². The van der Waals surface area contributed by atoms with Crippen LogP contribution in [0.4, 0.5) is 13.9 Å². The quantitative estimate of drug-likeness (QED) is 0.501. The number of amides is 1. The zero-order valence-electron chi connectivity index (χ0n) is 17.1. The molecule has 0 saturated heterocycles. The molecule has 0 N–H and O–H groups in total. The van der Waals surface area contributed by atoms with Crippen LogP contribution in [0.1, 0.15) is 16.8 Å². The number of fused-ring (bicyclic) bond motifs is 1. The van der Waals surface area contributed by atoms with Crippen molar-refractivity contribution in [3.05, 3.63) is 53.6 Å². The molecule has 0 aliphatic rings.